The zero-order valence-corrected chi connectivity index (χ0v) is 16.5. The fourth-order valence-corrected chi connectivity index (χ4v) is 3.04. The van der Waals surface area contributed by atoms with Crippen LogP contribution in [0.3, 0.4) is 0 Å². The van der Waals surface area contributed by atoms with Gasteiger partial charge in [-0.25, -0.2) is 12.9 Å². The molecule has 5 heteroatoms. The van der Waals surface area contributed by atoms with E-state index in [0.717, 1.165) is 11.0 Å². The molecule has 0 aliphatic carbocycles. The minimum absolute atomic E-state index is 0.312. The highest BCUT2D eigenvalue weighted by molar-refractivity contribution is 7.85. The molecule has 0 saturated carbocycles. The second-order valence-electron chi connectivity index (χ2n) is 5.98. The average molecular weight is 384 g/mol. The predicted octanol–water partition coefficient (Wildman–Crippen LogP) is 5.23. The van der Waals surface area contributed by atoms with Crippen molar-refractivity contribution in [1.82, 2.24) is 4.48 Å². The van der Waals surface area contributed by atoms with Crippen molar-refractivity contribution in [2.45, 2.75) is 13.8 Å². The van der Waals surface area contributed by atoms with Crippen LogP contribution in [0.2, 0.25) is 0 Å². The highest BCUT2D eigenvalue weighted by Crippen LogP contribution is 2.42. The van der Waals surface area contributed by atoms with Crippen LogP contribution in [0.1, 0.15) is 13.8 Å². The SMILES string of the molecule is CCS(=O)(=O)[O-].CC[N+](c1ccccc1)(c1ccccc1)c1ccccc1. The third kappa shape index (κ3) is 5.26. The van der Waals surface area contributed by atoms with Crippen molar-refractivity contribution in [3.05, 3.63) is 91.0 Å². The summed E-state index contributed by atoms with van der Waals surface area (Å²) < 4.78 is 29.1. The molecule has 0 saturated heterocycles. The van der Waals surface area contributed by atoms with Gasteiger partial charge in [0.2, 0.25) is 0 Å². The summed E-state index contributed by atoms with van der Waals surface area (Å²) in [4.78, 5) is 0. The Kier molecular flexibility index (Phi) is 7.30. The summed E-state index contributed by atoms with van der Waals surface area (Å²) in [6.07, 6.45) is 0. The molecule has 0 radical (unpaired) electrons. The van der Waals surface area contributed by atoms with Gasteiger partial charge in [-0.1, -0.05) is 61.5 Å². The van der Waals surface area contributed by atoms with Crippen LogP contribution in [-0.2, 0) is 10.1 Å². The van der Waals surface area contributed by atoms with Gasteiger partial charge >= 0.3 is 0 Å². The molecule has 27 heavy (non-hydrogen) atoms. The Morgan fingerprint density at radius 1 is 0.667 bits per heavy atom. The number of nitrogens with zero attached hydrogens (tertiary/aromatic N) is 1. The molecule has 142 valence electrons. The monoisotopic (exact) mass is 383 g/mol. The van der Waals surface area contributed by atoms with E-state index in [9.17, 15) is 13.0 Å². The first-order chi connectivity index (χ1) is 12.9. The molecule has 3 aromatic rings. The Balaban J connectivity index is 0.000000380. The molecule has 4 nitrogen and oxygen atoms in total. The lowest BCUT2D eigenvalue weighted by Gasteiger charge is -2.36. The molecule has 0 N–H and O–H groups in total. The Bertz CT molecular complexity index is 815. The van der Waals surface area contributed by atoms with Crippen LogP contribution in [-0.4, -0.2) is 25.3 Å². The smallest absolute Gasteiger partial charge is 0.143 e. The second kappa shape index (κ2) is 9.46. The quantitative estimate of drug-likeness (QED) is 0.448. The van der Waals surface area contributed by atoms with E-state index >= 15 is 0 Å². The molecule has 0 fully saturated rings. The van der Waals surface area contributed by atoms with Crippen LogP contribution < -0.4 is 4.48 Å². The summed E-state index contributed by atoms with van der Waals surface area (Å²) in [6, 6.07) is 32.2. The van der Waals surface area contributed by atoms with Gasteiger partial charge in [-0.3, -0.25) is 0 Å². The highest BCUT2D eigenvalue weighted by Gasteiger charge is 2.33. The van der Waals surface area contributed by atoms with Gasteiger partial charge in [0.25, 0.3) is 0 Å². The minimum Gasteiger partial charge on any atom is -0.748 e. The number of rotatable bonds is 5. The molecule has 0 atom stereocenters. The van der Waals surface area contributed by atoms with Gasteiger partial charge in [0.05, 0.1) is 16.7 Å². The van der Waals surface area contributed by atoms with Crippen LogP contribution >= 0.6 is 0 Å². The first kappa shape index (κ1) is 20.8. The number of hydrogen-bond acceptors (Lipinski definition) is 3. The van der Waals surface area contributed by atoms with Crippen LogP contribution in [0.5, 0.6) is 0 Å². The van der Waals surface area contributed by atoms with E-state index in [1.165, 1.54) is 24.0 Å². The molecule has 0 spiro atoms. The third-order valence-corrected chi connectivity index (χ3v) is 5.13. The fraction of sp³-hybridized carbons (Fsp3) is 0.182. The molecular formula is C22H25NO3S. The molecule has 0 aliphatic heterocycles. The Morgan fingerprint density at radius 2 is 0.926 bits per heavy atom. The van der Waals surface area contributed by atoms with Crippen molar-refractivity contribution in [3.63, 3.8) is 0 Å². The molecule has 0 aliphatic rings. The van der Waals surface area contributed by atoms with E-state index in [-0.39, 0.29) is 5.75 Å². The molecule has 3 rings (SSSR count). The van der Waals surface area contributed by atoms with Gasteiger partial charge < -0.3 is 4.55 Å². The Morgan fingerprint density at radius 3 is 1.11 bits per heavy atom. The topological polar surface area (TPSA) is 57.2 Å². The Labute approximate surface area is 162 Å². The molecule has 0 amide bonds. The summed E-state index contributed by atoms with van der Waals surface area (Å²) in [5.41, 5.74) is 3.87. The number of para-hydroxylation sites is 3. The highest BCUT2D eigenvalue weighted by atomic mass is 32.2. The summed E-state index contributed by atoms with van der Waals surface area (Å²) in [6.45, 7) is 4.52. The molecule has 3 aromatic carbocycles. The first-order valence-electron chi connectivity index (χ1n) is 8.92. The summed E-state index contributed by atoms with van der Waals surface area (Å²) >= 11 is 0. The standard InChI is InChI=1S/C20H20N.C2H6O3S/c1-2-21(18-12-6-3-7-13-18,19-14-8-4-9-15-19)20-16-10-5-11-17-20;1-2-6(3,4)5/h3-17H,2H2,1H3;2H2,1H3,(H,3,4,5)/q+1;/p-1. The zero-order chi connectivity index (χ0) is 19.8. The zero-order valence-electron chi connectivity index (χ0n) is 15.7. The van der Waals surface area contributed by atoms with Gasteiger partial charge in [0, 0.05) is 5.75 Å². The first-order valence-corrected chi connectivity index (χ1v) is 10.5. The van der Waals surface area contributed by atoms with Crippen LogP contribution in [0, 0.1) is 0 Å². The summed E-state index contributed by atoms with van der Waals surface area (Å²) in [5, 5.41) is 0. The van der Waals surface area contributed by atoms with E-state index in [2.05, 4.69) is 97.9 Å². The van der Waals surface area contributed by atoms with Gasteiger partial charge in [0.1, 0.15) is 17.1 Å². The van der Waals surface area contributed by atoms with Gasteiger partial charge in [-0.05, 0) is 43.3 Å². The maximum Gasteiger partial charge on any atom is 0.143 e. The van der Waals surface area contributed by atoms with E-state index in [0.29, 0.717) is 0 Å². The second-order valence-corrected chi connectivity index (χ2v) is 7.67. The van der Waals surface area contributed by atoms with Crippen LogP contribution in [0.25, 0.3) is 0 Å². The van der Waals surface area contributed by atoms with E-state index in [1.807, 2.05) is 0 Å². The van der Waals surface area contributed by atoms with Gasteiger partial charge in [-0.15, -0.1) is 0 Å². The maximum atomic E-state index is 9.44. The normalized spacial score (nSPS) is 11.4. The summed E-state index contributed by atoms with van der Waals surface area (Å²) in [5.74, 6) is -0.312. The predicted molar refractivity (Wildman–Crippen MR) is 111 cm³/mol. The lowest BCUT2D eigenvalue weighted by Crippen LogP contribution is -2.38. The largest absolute Gasteiger partial charge is 0.748 e. The minimum atomic E-state index is -3.91. The van der Waals surface area contributed by atoms with E-state index in [4.69, 9.17) is 0 Å². The van der Waals surface area contributed by atoms with Crippen LogP contribution in [0.15, 0.2) is 91.0 Å². The molecule has 0 bridgehead atoms. The Hall–Kier alpha value is -2.47. The lowest BCUT2D eigenvalue weighted by atomic mass is 10.1. The lowest BCUT2D eigenvalue weighted by molar-refractivity contribution is 0.464. The van der Waals surface area contributed by atoms with Crippen molar-refractivity contribution in [3.8, 4) is 0 Å². The molecule has 0 heterocycles. The van der Waals surface area contributed by atoms with E-state index < -0.39 is 10.1 Å². The van der Waals surface area contributed by atoms with Gasteiger partial charge in [0.15, 0.2) is 0 Å². The van der Waals surface area contributed by atoms with E-state index in [1.54, 1.807) is 0 Å². The van der Waals surface area contributed by atoms with Crippen molar-refractivity contribution in [2.24, 2.45) is 0 Å². The van der Waals surface area contributed by atoms with Crippen molar-refractivity contribution < 1.29 is 13.0 Å². The van der Waals surface area contributed by atoms with Crippen molar-refractivity contribution in [1.29, 1.82) is 0 Å². The summed E-state index contributed by atoms with van der Waals surface area (Å²) in [7, 11) is -3.91. The molecule has 0 unspecified atom stereocenters. The number of hydrogen-bond donors (Lipinski definition) is 0. The fourth-order valence-electron chi connectivity index (χ4n) is 3.04. The van der Waals surface area contributed by atoms with Crippen molar-refractivity contribution in [2.75, 3.05) is 12.3 Å². The third-order valence-electron chi connectivity index (χ3n) is 4.42. The number of quaternary nitrogens is 1. The van der Waals surface area contributed by atoms with Crippen LogP contribution in [0.4, 0.5) is 17.1 Å². The average Bonchev–Trinajstić information content (AvgIpc) is 2.71. The molecular weight excluding hydrogens is 358 g/mol. The molecule has 0 aromatic heterocycles. The maximum absolute atomic E-state index is 9.44. The van der Waals surface area contributed by atoms with Crippen molar-refractivity contribution >= 4 is 27.2 Å². The number of benzene rings is 3. The van der Waals surface area contributed by atoms with Gasteiger partial charge in [-0.2, -0.15) is 0 Å².